The van der Waals surface area contributed by atoms with E-state index in [0.29, 0.717) is 84.3 Å². The average Bonchev–Trinajstić information content (AvgIpc) is 4.17. The van der Waals surface area contributed by atoms with Crippen LogP contribution in [0.15, 0.2) is 67.9 Å². The van der Waals surface area contributed by atoms with Crippen molar-refractivity contribution >= 4 is 14.9 Å². The first-order valence-corrected chi connectivity index (χ1v) is 25.4. The second-order valence-corrected chi connectivity index (χ2v) is 20.9. The van der Waals surface area contributed by atoms with Gasteiger partial charge in [0.1, 0.15) is 49.1 Å². The van der Waals surface area contributed by atoms with Crippen LogP contribution in [0.2, 0.25) is 6.04 Å². The molecule has 2 aromatic carbocycles. The maximum absolute atomic E-state index is 12.4. The largest absolute Gasteiger partial charge is 0.502 e. The van der Waals surface area contributed by atoms with Crippen LogP contribution in [0.5, 0.6) is 11.5 Å². The minimum atomic E-state index is -2.53. The van der Waals surface area contributed by atoms with E-state index in [4.69, 9.17) is 65.4 Å². The van der Waals surface area contributed by atoms with E-state index in [1.165, 1.54) is 38.5 Å². The van der Waals surface area contributed by atoms with Gasteiger partial charge >= 0.3 is 25.9 Å². The van der Waals surface area contributed by atoms with E-state index < -0.39 is 25.9 Å². The lowest BCUT2D eigenvalue weighted by Gasteiger charge is -2.26. The Morgan fingerprint density at radius 1 is 0.543 bits per heavy atom. The number of carbonyl (C=O) groups excluding carboxylic acids is 1. The molecule has 1 aromatic heterocycles. The minimum Gasteiger partial charge on any atom is -0.491 e. The highest BCUT2D eigenvalue weighted by atomic mass is 28.4. The Bertz CT molecular complexity index is 2090. The molecule has 70 heavy (non-hydrogen) atoms. The lowest BCUT2D eigenvalue weighted by atomic mass is 9.78. The highest BCUT2D eigenvalue weighted by Gasteiger charge is 2.37. The smallest absolute Gasteiger partial charge is 0.491 e. The Kier molecular flexibility index (Phi) is 19.7. The Morgan fingerprint density at radius 3 is 1.14 bits per heavy atom. The molecule has 7 atom stereocenters. The first-order chi connectivity index (χ1) is 33.9. The fourth-order valence-electron chi connectivity index (χ4n) is 6.76. The summed E-state index contributed by atoms with van der Waals surface area (Å²) in [6, 6.07) is 17.2. The number of aromatic nitrogens is 3. The molecule has 10 rings (SSSR count). The number of epoxide rings is 7. The number of hydrogen-bond donors (Lipinski definition) is 0. The van der Waals surface area contributed by atoms with E-state index in [1.807, 2.05) is 24.3 Å². The summed E-state index contributed by atoms with van der Waals surface area (Å²) in [5, 5.41) is 0. The molecule has 7 aliphatic rings. The van der Waals surface area contributed by atoms with Crippen molar-refractivity contribution < 1.29 is 70.2 Å². The number of rotatable bonds is 27. The second kappa shape index (κ2) is 25.8. The normalized spacial score (nSPS) is 23.9. The van der Waals surface area contributed by atoms with Gasteiger partial charge in [-0.05, 0) is 35.4 Å². The Balaban J connectivity index is 0.000000145. The molecule has 7 unspecified atom stereocenters. The van der Waals surface area contributed by atoms with Crippen LogP contribution < -0.4 is 26.5 Å². The van der Waals surface area contributed by atoms with Crippen molar-refractivity contribution in [2.75, 3.05) is 114 Å². The van der Waals surface area contributed by atoms with Crippen LogP contribution in [0.3, 0.4) is 0 Å². The van der Waals surface area contributed by atoms with Crippen LogP contribution in [-0.2, 0) is 85.8 Å². The van der Waals surface area contributed by atoms with Crippen molar-refractivity contribution in [3.8, 4) is 11.5 Å². The van der Waals surface area contributed by atoms with Crippen molar-refractivity contribution in [3.05, 3.63) is 91.1 Å². The van der Waals surface area contributed by atoms with Crippen molar-refractivity contribution in [3.63, 3.8) is 0 Å². The SMILES string of the molecule is C(COCC1CO1)OCC1CO1.CC(C)(c1ccc(OCC2CO2)cc1)c1ccc(OCC2CO2)cc1.CO[Si](CCN=C=O)(OC)OC.O=c1n(CC2CO2)c(=O)n(CC2CO2)c(=O)n1CC1CO1. The van der Waals surface area contributed by atoms with E-state index in [2.05, 4.69) is 43.1 Å². The molecular formula is C47H66N4O18Si. The van der Waals surface area contributed by atoms with E-state index in [0.717, 1.165) is 51.6 Å². The molecule has 386 valence electrons. The van der Waals surface area contributed by atoms with Gasteiger partial charge in [-0.3, -0.25) is 0 Å². The van der Waals surface area contributed by atoms with Crippen LogP contribution in [0, 0.1) is 0 Å². The minimum absolute atomic E-state index is 0.0870. The number of nitrogens with zero attached hydrogens (tertiary/aromatic N) is 4. The third-order valence-electron chi connectivity index (χ3n) is 11.9. The third kappa shape index (κ3) is 17.7. The van der Waals surface area contributed by atoms with E-state index in [1.54, 1.807) is 0 Å². The summed E-state index contributed by atoms with van der Waals surface area (Å²) in [6.45, 7) is 14.3. The molecule has 3 aromatic rings. The van der Waals surface area contributed by atoms with Crippen LogP contribution in [0.4, 0.5) is 0 Å². The van der Waals surface area contributed by atoms with Crippen LogP contribution in [0.25, 0.3) is 0 Å². The van der Waals surface area contributed by atoms with Gasteiger partial charge in [-0.25, -0.2) is 37.9 Å². The zero-order valence-electron chi connectivity index (χ0n) is 40.5. The van der Waals surface area contributed by atoms with Crippen molar-refractivity contribution in [1.82, 2.24) is 13.7 Å². The zero-order chi connectivity index (χ0) is 49.5. The predicted molar refractivity (Wildman–Crippen MR) is 250 cm³/mol. The maximum Gasteiger partial charge on any atom is 0.502 e. The zero-order valence-corrected chi connectivity index (χ0v) is 41.5. The predicted octanol–water partition coefficient (Wildman–Crippen LogP) is 0.953. The van der Waals surface area contributed by atoms with E-state index in [-0.39, 0.29) is 55.6 Å². The summed E-state index contributed by atoms with van der Waals surface area (Å²) in [4.78, 5) is 50.2. The summed E-state index contributed by atoms with van der Waals surface area (Å²) in [7, 11) is 2.03. The summed E-state index contributed by atoms with van der Waals surface area (Å²) in [5.41, 5.74) is 0.637. The molecule has 0 amide bonds. The Hall–Kier alpha value is -4.43. The molecular weight excluding hydrogens is 937 g/mol. The molecule has 8 heterocycles. The van der Waals surface area contributed by atoms with E-state index >= 15 is 0 Å². The Labute approximate surface area is 406 Å². The maximum atomic E-state index is 12.4. The van der Waals surface area contributed by atoms with Gasteiger partial charge in [0.2, 0.25) is 6.08 Å². The van der Waals surface area contributed by atoms with Crippen molar-refractivity contribution in [2.45, 2.75) is 87.7 Å². The molecule has 0 spiro atoms. The van der Waals surface area contributed by atoms with Gasteiger partial charge in [0.05, 0.1) is 117 Å². The average molecular weight is 1000 g/mol. The second-order valence-electron chi connectivity index (χ2n) is 17.8. The van der Waals surface area contributed by atoms with Gasteiger partial charge in [0.15, 0.2) is 0 Å². The molecule has 7 saturated heterocycles. The standard InChI is InChI=1S/C21H24O4.C12H15N3O6.C8H14O4.C6H13NO4Si/c1-21(2,15-3-7-17(8-4-15)22-11-19-13-24-19)16-5-9-18(10-6-16)23-12-20-14-25-20;16-10-13(1-7-4-19-7)11(17)15(3-9-6-21-9)12(18)14(10)2-8-5-20-8;1(9-3-7-5-11-7)2-10-4-8-6-12-8;1-9-12(10-2,11-3)5-4-7-6-8/h3-10,19-20H,11-14H2,1-2H3;7-9H,1-6H2;7-8H,1-6H2;4-5H2,1-3H3. The summed E-state index contributed by atoms with van der Waals surface area (Å²) < 4.78 is 76.0. The van der Waals surface area contributed by atoms with Gasteiger partial charge in [-0.15, -0.1) is 0 Å². The molecule has 7 fully saturated rings. The molecule has 0 saturated carbocycles. The molecule has 7 aliphatic heterocycles. The molecule has 0 N–H and O–H groups in total. The number of benzene rings is 2. The molecule has 22 nitrogen and oxygen atoms in total. The highest BCUT2D eigenvalue weighted by Crippen LogP contribution is 2.33. The number of ether oxygens (including phenoxy) is 11. The summed E-state index contributed by atoms with van der Waals surface area (Å²) >= 11 is 0. The van der Waals surface area contributed by atoms with E-state index in [9.17, 15) is 19.2 Å². The lowest BCUT2D eigenvalue weighted by Crippen LogP contribution is -2.55. The number of aliphatic imine (C=N–C) groups is 1. The quantitative estimate of drug-likeness (QED) is 0.0339. The van der Waals surface area contributed by atoms with Gasteiger partial charge in [0, 0.05) is 32.8 Å². The van der Waals surface area contributed by atoms with Crippen molar-refractivity contribution in [1.29, 1.82) is 0 Å². The fraction of sp³-hybridized carbons (Fsp3) is 0.660. The first-order valence-electron chi connectivity index (χ1n) is 23.5. The Morgan fingerprint density at radius 2 is 0.857 bits per heavy atom. The van der Waals surface area contributed by atoms with Crippen LogP contribution in [0.1, 0.15) is 25.0 Å². The topological polar surface area (TPSA) is 248 Å². The third-order valence-corrected chi connectivity index (χ3v) is 14.6. The fourth-order valence-corrected chi connectivity index (χ4v) is 8.26. The first kappa shape index (κ1) is 53.4. The summed E-state index contributed by atoms with van der Waals surface area (Å²) in [5.74, 6) is 1.78. The monoisotopic (exact) mass is 1000 g/mol. The van der Waals surface area contributed by atoms with Crippen molar-refractivity contribution in [2.24, 2.45) is 4.99 Å². The van der Waals surface area contributed by atoms with Gasteiger partial charge in [-0.2, -0.15) is 0 Å². The number of isocyanates is 1. The van der Waals surface area contributed by atoms with Crippen LogP contribution in [-0.4, -0.2) is 185 Å². The number of hydrogen-bond acceptors (Lipinski definition) is 19. The van der Waals surface area contributed by atoms with Gasteiger partial charge < -0.3 is 65.4 Å². The molecule has 0 bridgehead atoms. The molecule has 0 radical (unpaired) electrons. The van der Waals surface area contributed by atoms with Crippen LogP contribution >= 0.6 is 0 Å². The molecule has 23 heteroatoms. The molecule has 0 aliphatic carbocycles. The highest BCUT2D eigenvalue weighted by molar-refractivity contribution is 6.60. The summed E-state index contributed by atoms with van der Waals surface area (Å²) in [6.07, 6.45) is 2.36. The lowest BCUT2D eigenvalue weighted by molar-refractivity contribution is 0.0366. The van der Waals surface area contributed by atoms with Gasteiger partial charge in [0.25, 0.3) is 0 Å². The van der Waals surface area contributed by atoms with Gasteiger partial charge in [-0.1, -0.05) is 38.1 Å².